The fourth-order valence-corrected chi connectivity index (χ4v) is 10.4. The summed E-state index contributed by atoms with van der Waals surface area (Å²) in [6.45, 7) is 5.92. The molecule has 6 unspecified atom stereocenters. The van der Waals surface area contributed by atoms with E-state index in [1.165, 1.54) is 154 Å². The van der Waals surface area contributed by atoms with E-state index < -0.39 is 67.3 Å². The van der Waals surface area contributed by atoms with Gasteiger partial charge < -0.3 is 39.0 Å². The van der Waals surface area contributed by atoms with E-state index in [0.717, 1.165) is 103 Å². The molecule has 12 heteroatoms. The second-order valence-corrected chi connectivity index (χ2v) is 23.4. The summed E-state index contributed by atoms with van der Waals surface area (Å²) in [5.74, 6) is -3.13. The molecule has 0 aromatic carbocycles. The standard InChI is InChI=1S/C71H124O12/c1-4-7-10-13-16-19-22-25-28-31-32-35-36-39-42-45-48-51-54-57-63(72)79-60-62(81-64(73)58-55-52-49-46-43-40-37-33-29-26-23-20-17-14-11-8-5-2)61-80-71-69(67(76)66(75)68(83-71)70(77)78)82-65(74)59-56-53-50-47-44-41-38-34-30-27-24-21-18-15-12-9-6-3/h9,12,18,21,26-27,29-30,38,41,62,66-69,71,75-76H,4-8,10-11,13-17,19-20,22-25,28,31-37,39-40,42-61H2,1-3H3,(H,77,78)/b12-9-,21-18-,29-26-,30-27-,41-38-. The smallest absolute Gasteiger partial charge is 0.335 e. The molecular weight excluding hydrogens is 1040 g/mol. The van der Waals surface area contributed by atoms with Gasteiger partial charge in [-0.1, -0.05) is 274 Å². The molecule has 3 N–H and O–H groups in total. The monoisotopic (exact) mass is 1170 g/mol. The fraction of sp³-hybridized carbons (Fsp3) is 0.803. The number of unbranched alkanes of at least 4 members (excludes halogenated alkanes) is 35. The van der Waals surface area contributed by atoms with Crippen LogP contribution in [-0.2, 0) is 42.9 Å². The lowest BCUT2D eigenvalue weighted by atomic mass is 9.98. The number of esters is 3. The molecule has 1 saturated heterocycles. The van der Waals surface area contributed by atoms with Gasteiger partial charge in [-0.15, -0.1) is 0 Å². The minimum atomic E-state index is -1.91. The Morgan fingerprint density at radius 1 is 0.410 bits per heavy atom. The van der Waals surface area contributed by atoms with E-state index in [2.05, 4.69) is 81.5 Å². The van der Waals surface area contributed by atoms with Crippen LogP contribution in [0, 0.1) is 0 Å². The van der Waals surface area contributed by atoms with Gasteiger partial charge in [0, 0.05) is 19.3 Å². The highest BCUT2D eigenvalue weighted by atomic mass is 16.7. The number of aliphatic carboxylic acids is 1. The number of allylic oxidation sites excluding steroid dienone is 10. The zero-order valence-corrected chi connectivity index (χ0v) is 53.2. The molecule has 0 saturated carbocycles. The topological polar surface area (TPSA) is 175 Å². The van der Waals surface area contributed by atoms with Gasteiger partial charge in [0.05, 0.1) is 6.61 Å². The Hall–Kier alpha value is -3.58. The van der Waals surface area contributed by atoms with E-state index in [1.807, 2.05) is 0 Å². The molecule has 0 radical (unpaired) electrons. The highest BCUT2D eigenvalue weighted by molar-refractivity contribution is 5.74. The number of hydrogen-bond donors (Lipinski definition) is 3. The maximum Gasteiger partial charge on any atom is 0.335 e. The van der Waals surface area contributed by atoms with Crippen molar-refractivity contribution in [2.75, 3.05) is 13.2 Å². The maximum atomic E-state index is 13.2. The number of carbonyl (C=O) groups is 4. The molecular formula is C71H124O12. The minimum Gasteiger partial charge on any atom is -0.479 e. The average Bonchev–Trinajstić information content (AvgIpc) is 3.55. The Morgan fingerprint density at radius 3 is 1.17 bits per heavy atom. The number of carboxylic acids is 1. The number of aliphatic hydroxyl groups excluding tert-OH is 2. The Bertz CT molecular complexity index is 1670. The van der Waals surface area contributed by atoms with Crippen LogP contribution in [0.3, 0.4) is 0 Å². The number of hydrogen-bond acceptors (Lipinski definition) is 11. The van der Waals surface area contributed by atoms with Crippen molar-refractivity contribution in [2.24, 2.45) is 0 Å². The van der Waals surface area contributed by atoms with E-state index in [0.29, 0.717) is 19.3 Å². The number of aliphatic hydroxyl groups is 2. The second-order valence-electron chi connectivity index (χ2n) is 23.4. The van der Waals surface area contributed by atoms with Crippen LogP contribution in [0.1, 0.15) is 316 Å². The summed E-state index contributed by atoms with van der Waals surface area (Å²) in [6.07, 6.45) is 61.8. The van der Waals surface area contributed by atoms with E-state index in [1.54, 1.807) is 0 Å². The van der Waals surface area contributed by atoms with Crippen LogP contribution < -0.4 is 0 Å². The number of ether oxygens (including phenoxy) is 5. The van der Waals surface area contributed by atoms with Gasteiger partial charge >= 0.3 is 23.9 Å². The lowest BCUT2D eigenvalue weighted by Gasteiger charge is -2.40. The van der Waals surface area contributed by atoms with Crippen LogP contribution in [0.4, 0.5) is 0 Å². The molecule has 0 spiro atoms. The molecule has 1 aliphatic rings. The van der Waals surface area contributed by atoms with E-state index >= 15 is 0 Å². The van der Waals surface area contributed by atoms with Crippen LogP contribution in [0.25, 0.3) is 0 Å². The summed E-state index contributed by atoms with van der Waals surface area (Å²) in [5, 5.41) is 31.6. The first-order chi connectivity index (χ1) is 40.6. The van der Waals surface area contributed by atoms with Gasteiger partial charge in [-0.05, 0) is 83.5 Å². The average molecular weight is 1170 g/mol. The predicted molar refractivity (Wildman–Crippen MR) is 340 cm³/mol. The summed E-state index contributed by atoms with van der Waals surface area (Å²) >= 11 is 0. The molecule has 1 aliphatic heterocycles. The van der Waals surface area contributed by atoms with Crippen LogP contribution in [0.15, 0.2) is 60.8 Å². The first kappa shape index (κ1) is 77.4. The third-order valence-corrected chi connectivity index (χ3v) is 15.6. The van der Waals surface area contributed by atoms with Crippen LogP contribution in [-0.4, -0.2) is 89.2 Å². The number of carbonyl (C=O) groups excluding carboxylic acids is 3. The van der Waals surface area contributed by atoms with E-state index in [9.17, 15) is 34.5 Å². The van der Waals surface area contributed by atoms with Crippen LogP contribution in [0.5, 0.6) is 0 Å². The zero-order valence-electron chi connectivity index (χ0n) is 53.2. The summed E-state index contributed by atoms with van der Waals surface area (Å²) < 4.78 is 28.6. The third kappa shape index (κ3) is 48.3. The Labute approximate surface area is 506 Å². The summed E-state index contributed by atoms with van der Waals surface area (Å²) in [7, 11) is 0. The molecule has 0 amide bonds. The number of rotatable bonds is 59. The van der Waals surface area contributed by atoms with Crippen molar-refractivity contribution in [3.63, 3.8) is 0 Å². The summed E-state index contributed by atoms with van der Waals surface area (Å²) in [4.78, 5) is 51.4. The fourth-order valence-electron chi connectivity index (χ4n) is 10.4. The quantitative estimate of drug-likeness (QED) is 0.0228. The van der Waals surface area contributed by atoms with Crippen molar-refractivity contribution in [3.05, 3.63) is 60.8 Å². The Morgan fingerprint density at radius 2 is 0.759 bits per heavy atom. The third-order valence-electron chi connectivity index (χ3n) is 15.6. The maximum absolute atomic E-state index is 13.2. The van der Waals surface area contributed by atoms with E-state index in [-0.39, 0.29) is 25.9 Å². The summed E-state index contributed by atoms with van der Waals surface area (Å²) in [5.41, 5.74) is 0. The van der Waals surface area contributed by atoms with Crippen LogP contribution in [0.2, 0.25) is 0 Å². The molecule has 1 fully saturated rings. The normalized spacial score (nSPS) is 17.9. The molecule has 1 heterocycles. The van der Waals surface area contributed by atoms with Crippen molar-refractivity contribution in [3.8, 4) is 0 Å². The number of carboxylic acid groups (broad SMARTS) is 1. The molecule has 480 valence electrons. The molecule has 0 aliphatic carbocycles. The summed E-state index contributed by atoms with van der Waals surface area (Å²) in [6, 6.07) is 0. The first-order valence-corrected chi connectivity index (χ1v) is 34.3. The predicted octanol–water partition coefficient (Wildman–Crippen LogP) is 18.7. The van der Waals surface area contributed by atoms with Gasteiger partial charge in [0.25, 0.3) is 0 Å². The van der Waals surface area contributed by atoms with Gasteiger partial charge in [-0.2, -0.15) is 0 Å². The molecule has 6 atom stereocenters. The van der Waals surface area contributed by atoms with Gasteiger partial charge in [0.15, 0.2) is 24.6 Å². The lowest BCUT2D eigenvalue weighted by Crippen LogP contribution is -2.61. The SMILES string of the molecule is CC/C=C\C/C=C\C/C=C\C/C=C\CCCCCCC(=O)OC1C(OCC(COC(=O)CCCCCCCCCCCCCCCCCCCCC)OC(=O)CCCCCCCCC/C=C\CCCCCCCC)OC(C(=O)O)C(O)C1O. The molecule has 0 bridgehead atoms. The zero-order chi connectivity index (χ0) is 60.3. The Kier molecular flexibility index (Phi) is 54.8. The second kappa shape index (κ2) is 58.8. The molecule has 1 rings (SSSR count). The van der Waals surface area contributed by atoms with Crippen molar-refractivity contribution >= 4 is 23.9 Å². The van der Waals surface area contributed by atoms with Gasteiger partial charge in [-0.25, -0.2) is 4.79 Å². The molecule has 0 aromatic heterocycles. The van der Waals surface area contributed by atoms with E-state index in [4.69, 9.17) is 23.7 Å². The van der Waals surface area contributed by atoms with Gasteiger partial charge in [0.1, 0.15) is 18.8 Å². The molecule has 12 nitrogen and oxygen atoms in total. The molecule has 0 aromatic rings. The van der Waals surface area contributed by atoms with Crippen molar-refractivity contribution in [1.82, 2.24) is 0 Å². The molecule has 83 heavy (non-hydrogen) atoms. The Balaban J connectivity index is 2.65. The van der Waals surface area contributed by atoms with Gasteiger partial charge in [0.2, 0.25) is 0 Å². The highest BCUT2D eigenvalue weighted by Crippen LogP contribution is 2.27. The highest BCUT2D eigenvalue weighted by Gasteiger charge is 2.50. The minimum absolute atomic E-state index is 0.0328. The first-order valence-electron chi connectivity index (χ1n) is 34.3. The lowest BCUT2D eigenvalue weighted by molar-refractivity contribution is -0.301. The van der Waals surface area contributed by atoms with Crippen LogP contribution >= 0.6 is 0 Å². The van der Waals surface area contributed by atoms with Crippen molar-refractivity contribution in [1.29, 1.82) is 0 Å². The van der Waals surface area contributed by atoms with Gasteiger partial charge in [-0.3, -0.25) is 14.4 Å². The largest absolute Gasteiger partial charge is 0.479 e. The van der Waals surface area contributed by atoms with Crippen molar-refractivity contribution in [2.45, 2.75) is 353 Å². The van der Waals surface area contributed by atoms with Crippen molar-refractivity contribution < 1.29 is 58.2 Å².